The zero-order chi connectivity index (χ0) is 8.39. The zero-order valence-corrected chi connectivity index (χ0v) is 8.09. The lowest BCUT2D eigenvalue weighted by Crippen LogP contribution is -2.35. The van der Waals surface area contributed by atoms with Crippen LogP contribution in [0.15, 0.2) is 0 Å². The van der Waals surface area contributed by atoms with Gasteiger partial charge in [0, 0.05) is 7.11 Å². The molecule has 0 aromatic carbocycles. The van der Waals surface area contributed by atoms with Crippen LogP contribution in [0.4, 0.5) is 0 Å². The highest BCUT2D eigenvalue weighted by molar-refractivity contribution is 4.85. The number of hydrogen-bond acceptors (Lipinski definition) is 1. The lowest BCUT2D eigenvalue weighted by molar-refractivity contribution is -0.0211. The molecule has 0 aliphatic heterocycles. The van der Waals surface area contributed by atoms with Crippen molar-refractivity contribution in [1.29, 1.82) is 0 Å². The van der Waals surface area contributed by atoms with Crippen molar-refractivity contribution in [3.63, 3.8) is 0 Å². The van der Waals surface area contributed by atoms with Gasteiger partial charge in [-0.1, -0.05) is 25.7 Å². The van der Waals surface area contributed by atoms with Crippen LogP contribution < -0.4 is 0 Å². The normalized spacial score (nSPS) is 42.2. The molecule has 2 unspecified atom stereocenters. The van der Waals surface area contributed by atoms with Crippen molar-refractivity contribution in [2.75, 3.05) is 7.11 Å². The molecule has 0 N–H and O–H groups in total. The molecule has 2 aliphatic rings. The molecule has 2 fully saturated rings. The molecule has 3 atom stereocenters. The van der Waals surface area contributed by atoms with Crippen LogP contribution in [-0.4, -0.2) is 13.2 Å². The van der Waals surface area contributed by atoms with E-state index in [4.69, 9.17) is 4.74 Å². The van der Waals surface area contributed by atoms with E-state index in [9.17, 15) is 0 Å². The van der Waals surface area contributed by atoms with Crippen LogP contribution in [0.3, 0.4) is 0 Å². The van der Waals surface area contributed by atoms with Crippen LogP contribution in [0, 0.1) is 11.8 Å². The van der Waals surface area contributed by atoms with E-state index in [1.165, 1.54) is 44.9 Å². The van der Waals surface area contributed by atoms with Gasteiger partial charge in [-0.2, -0.15) is 0 Å². The standard InChI is InChI=1S/C11H20O/c1-12-11-8-4-6-9-5-2-3-7-10(9)11/h9-11H,2-8H2,1H3/t9?,10?,11-/m1/s1. The molecule has 1 nitrogen and oxygen atoms in total. The maximum atomic E-state index is 5.56. The van der Waals surface area contributed by atoms with Gasteiger partial charge in [0.15, 0.2) is 0 Å². The van der Waals surface area contributed by atoms with Gasteiger partial charge in [-0.05, 0) is 31.1 Å². The second-order valence-electron chi connectivity index (χ2n) is 4.41. The lowest BCUT2D eigenvalue weighted by Gasteiger charge is -2.40. The third-order valence-corrected chi connectivity index (χ3v) is 3.81. The second-order valence-corrected chi connectivity index (χ2v) is 4.41. The monoisotopic (exact) mass is 168 g/mol. The fraction of sp³-hybridized carbons (Fsp3) is 1.00. The van der Waals surface area contributed by atoms with Crippen molar-refractivity contribution in [3.05, 3.63) is 0 Å². The van der Waals surface area contributed by atoms with Gasteiger partial charge in [0.1, 0.15) is 0 Å². The fourth-order valence-electron chi connectivity index (χ4n) is 3.17. The minimum Gasteiger partial charge on any atom is -0.381 e. The SMILES string of the molecule is CO[C@@H]1CCCC2CCCCC21. The number of methoxy groups -OCH3 is 1. The quantitative estimate of drug-likeness (QED) is 0.585. The number of fused-ring (bicyclic) bond motifs is 1. The highest BCUT2D eigenvalue weighted by atomic mass is 16.5. The predicted molar refractivity (Wildman–Crippen MR) is 50.1 cm³/mol. The minimum absolute atomic E-state index is 0.601. The van der Waals surface area contributed by atoms with Gasteiger partial charge in [-0.25, -0.2) is 0 Å². The Bertz CT molecular complexity index is 135. The van der Waals surface area contributed by atoms with Gasteiger partial charge >= 0.3 is 0 Å². The average Bonchev–Trinajstić information content (AvgIpc) is 2.17. The maximum Gasteiger partial charge on any atom is 0.0602 e. The molecule has 0 bridgehead atoms. The molecular weight excluding hydrogens is 148 g/mol. The van der Waals surface area contributed by atoms with Crippen molar-refractivity contribution in [1.82, 2.24) is 0 Å². The lowest BCUT2D eigenvalue weighted by atomic mass is 9.69. The summed E-state index contributed by atoms with van der Waals surface area (Å²) in [7, 11) is 1.89. The summed E-state index contributed by atoms with van der Waals surface area (Å²) in [6.45, 7) is 0. The van der Waals surface area contributed by atoms with E-state index in [-0.39, 0.29) is 0 Å². The van der Waals surface area contributed by atoms with Gasteiger partial charge in [0.25, 0.3) is 0 Å². The van der Waals surface area contributed by atoms with Crippen molar-refractivity contribution in [2.24, 2.45) is 11.8 Å². The first-order chi connectivity index (χ1) is 5.92. The molecular formula is C11H20O. The van der Waals surface area contributed by atoms with E-state index in [1.807, 2.05) is 7.11 Å². The first-order valence-electron chi connectivity index (χ1n) is 5.44. The fourth-order valence-corrected chi connectivity index (χ4v) is 3.17. The first-order valence-corrected chi connectivity index (χ1v) is 5.44. The van der Waals surface area contributed by atoms with E-state index in [1.54, 1.807) is 0 Å². The van der Waals surface area contributed by atoms with Crippen LogP contribution in [-0.2, 0) is 4.74 Å². The summed E-state index contributed by atoms with van der Waals surface area (Å²) >= 11 is 0. The van der Waals surface area contributed by atoms with Gasteiger partial charge < -0.3 is 4.74 Å². The molecule has 12 heavy (non-hydrogen) atoms. The molecule has 0 heterocycles. The van der Waals surface area contributed by atoms with Crippen molar-refractivity contribution >= 4 is 0 Å². The zero-order valence-electron chi connectivity index (χ0n) is 8.09. The van der Waals surface area contributed by atoms with Crippen LogP contribution in [0.5, 0.6) is 0 Å². The van der Waals surface area contributed by atoms with Crippen LogP contribution in [0.2, 0.25) is 0 Å². The second kappa shape index (κ2) is 3.78. The Kier molecular flexibility index (Phi) is 2.69. The van der Waals surface area contributed by atoms with E-state index >= 15 is 0 Å². The number of hydrogen-bond donors (Lipinski definition) is 0. The molecule has 0 amide bonds. The minimum atomic E-state index is 0.601. The largest absolute Gasteiger partial charge is 0.381 e. The smallest absolute Gasteiger partial charge is 0.0602 e. The molecule has 0 radical (unpaired) electrons. The third-order valence-electron chi connectivity index (χ3n) is 3.81. The summed E-state index contributed by atoms with van der Waals surface area (Å²) in [4.78, 5) is 0. The maximum absolute atomic E-state index is 5.56. The molecule has 0 saturated heterocycles. The summed E-state index contributed by atoms with van der Waals surface area (Å²) < 4.78 is 5.56. The Balaban J connectivity index is 1.99. The van der Waals surface area contributed by atoms with Crippen LogP contribution in [0.1, 0.15) is 44.9 Å². The van der Waals surface area contributed by atoms with Crippen molar-refractivity contribution in [2.45, 2.75) is 51.0 Å². The summed E-state index contributed by atoms with van der Waals surface area (Å²) in [5.41, 5.74) is 0. The van der Waals surface area contributed by atoms with Gasteiger partial charge in [0.05, 0.1) is 6.10 Å². The Hall–Kier alpha value is -0.0400. The summed E-state index contributed by atoms with van der Waals surface area (Å²) in [6.07, 6.45) is 10.6. The molecule has 0 aromatic heterocycles. The van der Waals surface area contributed by atoms with E-state index in [2.05, 4.69) is 0 Å². The molecule has 0 spiro atoms. The Morgan fingerprint density at radius 2 is 1.67 bits per heavy atom. The number of rotatable bonds is 1. The van der Waals surface area contributed by atoms with Crippen LogP contribution in [0.25, 0.3) is 0 Å². The van der Waals surface area contributed by atoms with E-state index in [0.717, 1.165) is 11.8 Å². The van der Waals surface area contributed by atoms with Gasteiger partial charge in [-0.3, -0.25) is 0 Å². The molecule has 0 aromatic rings. The Morgan fingerprint density at radius 1 is 0.917 bits per heavy atom. The Labute approximate surface area is 75.5 Å². The third kappa shape index (κ3) is 1.52. The summed E-state index contributed by atoms with van der Waals surface area (Å²) in [5, 5.41) is 0. The van der Waals surface area contributed by atoms with E-state index in [0.29, 0.717) is 6.10 Å². The first kappa shape index (κ1) is 8.55. The summed E-state index contributed by atoms with van der Waals surface area (Å²) in [6, 6.07) is 0. The van der Waals surface area contributed by atoms with Crippen LogP contribution >= 0.6 is 0 Å². The summed E-state index contributed by atoms with van der Waals surface area (Å²) in [5.74, 6) is 1.93. The highest BCUT2D eigenvalue weighted by Crippen LogP contribution is 2.41. The molecule has 2 rings (SSSR count). The number of ether oxygens (including phenoxy) is 1. The molecule has 2 saturated carbocycles. The highest BCUT2D eigenvalue weighted by Gasteiger charge is 2.34. The van der Waals surface area contributed by atoms with Crippen molar-refractivity contribution < 1.29 is 4.74 Å². The molecule has 2 aliphatic carbocycles. The van der Waals surface area contributed by atoms with Gasteiger partial charge in [0.2, 0.25) is 0 Å². The average molecular weight is 168 g/mol. The topological polar surface area (TPSA) is 9.23 Å². The molecule has 70 valence electrons. The Morgan fingerprint density at radius 3 is 2.50 bits per heavy atom. The van der Waals surface area contributed by atoms with E-state index < -0.39 is 0 Å². The van der Waals surface area contributed by atoms with Gasteiger partial charge in [-0.15, -0.1) is 0 Å². The predicted octanol–water partition coefficient (Wildman–Crippen LogP) is 2.99. The van der Waals surface area contributed by atoms with Crippen molar-refractivity contribution in [3.8, 4) is 0 Å². The molecule has 1 heteroatoms.